The highest BCUT2D eigenvalue weighted by Gasteiger charge is 2.40. The number of nitrogens with zero attached hydrogens (tertiary/aromatic N) is 1. The number of hydrogen-bond acceptors (Lipinski definition) is 2. The predicted octanol–water partition coefficient (Wildman–Crippen LogP) is 2.20. The van der Waals surface area contributed by atoms with Crippen LogP contribution in [0.15, 0.2) is 0 Å². The number of hydrogen-bond donors (Lipinski definition) is 0. The van der Waals surface area contributed by atoms with Crippen LogP contribution in [-0.4, -0.2) is 28.2 Å². The van der Waals surface area contributed by atoms with Gasteiger partial charge in [0, 0.05) is 6.54 Å². The van der Waals surface area contributed by atoms with Crippen LogP contribution < -0.4 is 0 Å². The average Bonchev–Trinajstić information content (AvgIpc) is 2.04. The van der Waals surface area contributed by atoms with Gasteiger partial charge < -0.3 is 4.74 Å². The van der Waals surface area contributed by atoms with Gasteiger partial charge in [-0.2, -0.15) is 0 Å². The van der Waals surface area contributed by atoms with E-state index in [0.29, 0.717) is 0 Å². The zero-order valence-electron chi connectivity index (χ0n) is 6.97. The third-order valence-corrected chi connectivity index (χ3v) is 2.34. The Morgan fingerprint density at radius 2 is 2.09 bits per heavy atom. The van der Waals surface area contributed by atoms with Gasteiger partial charge in [0.2, 0.25) is 0 Å². The Labute approximate surface area is 77.4 Å². The summed E-state index contributed by atoms with van der Waals surface area (Å²) >= 11 is 11.5. The summed E-state index contributed by atoms with van der Waals surface area (Å²) in [7, 11) is 0. The number of halogens is 2. The second-order valence-corrected chi connectivity index (χ2v) is 4.36. The number of alkyl halides is 2. The van der Waals surface area contributed by atoms with Crippen molar-refractivity contribution in [2.45, 2.75) is 37.6 Å². The third-order valence-electron chi connectivity index (χ3n) is 1.87. The molecule has 1 saturated heterocycles. The number of ether oxygens (including phenoxy) is 1. The summed E-state index contributed by atoms with van der Waals surface area (Å²) in [4.78, 5) is 1.44. The third kappa shape index (κ3) is 2.00. The maximum Gasteiger partial charge on any atom is 0.162 e. The standard InChI is InChI=1S/C7H13Cl2NO/c1-5-4-10(6(8)9)7(2,3)11-5/h5-6H,4H2,1-3H3. The molecule has 0 aromatic rings. The van der Waals surface area contributed by atoms with Gasteiger partial charge in [-0.05, 0) is 20.8 Å². The molecule has 0 aromatic heterocycles. The second kappa shape index (κ2) is 3.09. The van der Waals surface area contributed by atoms with Gasteiger partial charge in [-0.3, -0.25) is 0 Å². The maximum absolute atomic E-state index is 5.75. The van der Waals surface area contributed by atoms with Gasteiger partial charge in [0.25, 0.3) is 0 Å². The molecule has 1 atom stereocenters. The van der Waals surface area contributed by atoms with Gasteiger partial charge in [-0.25, -0.2) is 4.90 Å². The summed E-state index contributed by atoms with van der Waals surface area (Å²) in [5.41, 5.74) is -0.326. The molecule has 1 aliphatic heterocycles. The highest BCUT2D eigenvalue weighted by Crippen LogP contribution is 2.30. The van der Waals surface area contributed by atoms with E-state index in [1.54, 1.807) is 0 Å². The Morgan fingerprint density at radius 3 is 2.27 bits per heavy atom. The predicted molar refractivity (Wildman–Crippen MR) is 46.8 cm³/mol. The van der Waals surface area contributed by atoms with Crippen LogP contribution in [0.3, 0.4) is 0 Å². The summed E-state index contributed by atoms with van der Waals surface area (Å²) < 4.78 is 5.58. The van der Waals surface area contributed by atoms with Crippen molar-refractivity contribution < 1.29 is 4.74 Å². The Bertz CT molecular complexity index is 149. The van der Waals surface area contributed by atoms with E-state index in [9.17, 15) is 0 Å². The molecule has 1 fully saturated rings. The molecule has 1 aliphatic rings. The first kappa shape index (κ1) is 9.59. The molecule has 0 saturated carbocycles. The zero-order valence-corrected chi connectivity index (χ0v) is 8.49. The zero-order chi connectivity index (χ0) is 8.65. The monoisotopic (exact) mass is 197 g/mol. The lowest BCUT2D eigenvalue weighted by Gasteiger charge is -2.30. The molecule has 1 heterocycles. The summed E-state index contributed by atoms with van der Waals surface area (Å²) in [6, 6.07) is 0. The van der Waals surface area contributed by atoms with Gasteiger partial charge in [-0.1, -0.05) is 23.2 Å². The molecule has 11 heavy (non-hydrogen) atoms. The smallest absolute Gasteiger partial charge is 0.162 e. The molecule has 1 rings (SSSR count). The van der Waals surface area contributed by atoms with Crippen LogP contribution in [0.4, 0.5) is 0 Å². The lowest BCUT2D eigenvalue weighted by molar-refractivity contribution is -0.0685. The molecule has 4 heteroatoms. The average molecular weight is 198 g/mol. The van der Waals surface area contributed by atoms with Gasteiger partial charge in [0.15, 0.2) is 4.96 Å². The summed E-state index contributed by atoms with van der Waals surface area (Å²) in [6.45, 7) is 6.74. The molecule has 0 spiro atoms. The van der Waals surface area contributed by atoms with Crippen LogP contribution in [0.5, 0.6) is 0 Å². The summed E-state index contributed by atoms with van der Waals surface area (Å²) in [6.07, 6.45) is 0.213. The molecular formula is C7H13Cl2NO. The van der Waals surface area contributed by atoms with Crippen molar-refractivity contribution in [3.63, 3.8) is 0 Å². The van der Waals surface area contributed by atoms with Gasteiger partial charge in [0.05, 0.1) is 6.10 Å². The van der Waals surface area contributed by atoms with Gasteiger partial charge in [0.1, 0.15) is 5.72 Å². The molecule has 0 amide bonds. The van der Waals surface area contributed by atoms with Crippen molar-refractivity contribution >= 4 is 23.2 Å². The van der Waals surface area contributed by atoms with Crippen LogP contribution in [0.25, 0.3) is 0 Å². The SMILES string of the molecule is CC1CN(C(Cl)Cl)C(C)(C)O1. The van der Waals surface area contributed by atoms with Crippen molar-refractivity contribution in [3.05, 3.63) is 0 Å². The highest BCUT2D eigenvalue weighted by molar-refractivity contribution is 6.43. The number of rotatable bonds is 1. The normalized spacial score (nSPS) is 31.6. The molecule has 66 valence electrons. The first-order valence-corrected chi connectivity index (χ1v) is 4.53. The van der Waals surface area contributed by atoms with Crippen LogP contribution in [0.2, 0.25) is 0 Å². The molecular weight excluding hydrogens is 185 g/mol. The van der Waals surface area contributed by atoms with Crippen molar-refractivity contribution in [3.8, 4) is 0 Å². The van der Waals surface area contributed by atoms with E-state index in [1.807, 2.05) is 25.7 Å². The van der Waals surface area contributed by atoms with E-state index >= 15 is 0 Å². The topological polar surface area (TPSA) is 12.5 Å². The minimum atomic E-state index is -0.477. The van der Waals surface area contributed by atoms with E-state index < -0.39 is 4.96 Å². The first-order chi connectivity index (χ1) is 4.93. The Hall–Kier alpha value is 0.500. The van der Waals surface area contributed by atoms with E-state index in [-0.39, 0.29) is 11.8 Å². The van der Waals surface area contributed by atoms with Crippen LogP contribution in [-0.2, 0) is 4.74 Å². The van der Waals surface area contributed by atoms with Crippen molar-refractivity contribution in [2.75, 3.05) is 6.54 Å². The first-order valence-electron chi connectivity index (χ1n) is 3.66. The molecule has 0 radical (unpaired) electrons. The van der Waals surface area contributed by atoms with Crippen LogP contribution in [0, 0.1) is 0 Å². The van der Waals surface area contributed by atoms with Crippen LogP contribution >= 0.6 is 23.2 Å². The van der Waals surface area contributed by atoms with E-state index in [2.05, 4.69) is 0 Å². The molecule has 0 bridgehead atoms. The maximum atomic E-state index is 5.75. The molecule has 0 aromatic carbocycles. The highest BCUT2D eigenvalue weighted by atomic mass is 35.5. The fourth-order valence-corrected chi connectivity index (χ4v) is 2.04. The quantitative estimate of drug-likeness (QED) is 0.473. The Kier molecular flexibility index (Phi) is 2.70. The summed E-state index contributed by atoms with van der Waals surface area (Å²) in [5, 5.41) is 0. The van der Waals surface area contributed by atoms with Gasteiger partial charge in [-0.15, -0.1) is 0 Å². The summed E-state index contributed by atoms with van der Waals surface area (Å²) in [5.74, 6) is 0. The lowest BCUT2D eigenvalue weighted by Crippen LogP contribution is -2.41. The fraction of sp³-hybridized carbons (Fsp3) is 1.00. The van der Waals surface area contributed by atoms with Crippen molar-refractivity contribution in [2.24, 2.45) is 0 Å². The lowest BCUT2D eigenvalue weighted by atomic mass is 10.3. The minimum absolute atomic E-state index is 0.213. The fourth-order valence-electron chi connectivity index (χ4n) is 1.41. The second-order valence-electron chi connectivity index (χ2n) is 3.31. The van der Waals surface area contributed by atoms with Gasteiger partial charge >= 0.3 is 0 Å². The van der Waals surface area contributed by atoms with Crippen molar-refractivity contribution in [1.82, 2.24) is 4.90 Å². The largest absolute Gasteiger partial charge is 0.357 e. The molecule has 1 unspecified atom stereocenters. The minimum Gasteiger partial charge on any atom is -0.357 e. The van der Waals surface area contributed by atoms with E-state index in [4.69, 9.17) is 27.9 Å². The molecule has 2 nitrogen and oxygen atoms in total. The molecule has 0 N–H and O–H groups in total. The van der Waals surface area contributed by atoms with E-state index in [1.165, 1.54) is 0 Å². The van der Waals surface area contributed by atoms with Crippen LogP contribution in [0.1, 0.15) is 20.8 Å². The van der Waals surface area contributed by atoms with Crippen molar-refractivity contribution in [1.29, 1.82) is 0 Å². The van der Waals surface area contributed by atoms with E-state index in [0.717, 1.165) is 6.54 Å². The Balaban J connectivity index is 2.66. The Morgan fingerprint density at radius 1 is 1.55 bits per heavy atom. The molecule has 0 aliphatic carbocycles.